The molecule has 0 aromatic carbocycles. The van der Waals surface area contributed by atoms with Gasteiger partial charge in [0.2, 0.25) is 0 Å². The molecule has 1 aromatic heterocycles. The van der Waals surface area contributed by atoms with E-state index in [9.17, 15) is 0 Å². The number of aromatic nitrogens is 1. The van der Waals surface area contributed by atoms with Gasteiger partial charge in [-0.15, -0.1) is 11.3 Å². The summed E-state index contributed by atoms with van der Waals surface area (Å²) in [6.45, 7) is 9.47. The quantitative estimate of drug-likeness (QED) is 0.437. The predicted molar refractivity (Wildman–Crippen MR) is 85.8 cm³/mol. The number of aryl methyl sites for hydroxylation is 2. The van der Waals surface area contributed by atoms with Crippen molar-refractivity contribution >= 4 is 17.3 Å². The van der Waals surface area contributed by atoms with Gasteiger partial charge in [-0.05, 0) is 27.2 Å². The summed E-state index contributed by atoms with van der Waals surface area (Å²) in [6, 6.07) is 0. The molecule has 0 aliphatic carbocycles. The van der Waals surface area contributed by atoms with Crippen molar-refractivity contribution in [2.24, 2.45) is 4.99 Å². The summed E-state index contributed by atoms with van der Waals surface area (Å²) in [5, 5.41) is 7.75. The first-order valence-corrected chi connectivity index (χ1v) is 7.93. The third kappa shape index (κ3) is 6.34. The van der Waals surface area contributed by atoms with Crippen LogP contribution in [0.5, 0.6) is 0 Å². The molecule has 1 aromatic rings. The van der Waals surface area contributed by atoms with Gasteiger partial charge in [0.05, 0.1) is 10.7 Å². The number of hydrogen-bond acceptors (Lipinski definition) is 4. The minimum Gasteiger partial charge on any atom is -0.385 e. The summed E-state index contributed by atoms with van der Waals surface area (Å²) in [5.74, 6) is 0.877. The molecule has 0 saturated carbocycles. The number of nitrogens with zero attached hydrogens (tertiary/aromatic N) is 2. The molecule has 1 rings (SSSR count). The number of ether oxygens (including phenoxy) is 1. The molecule has 6 heteroatoms. The number of methoxy groups -OCH3 is 1. The molecule has 114 valence electrons. The highest BCUT2D eigenvalue weighted by atomic mass is 32.1. The second-order valence-corrected chi connectivity index (χ2v) is 5.81. The minimum atomic E-state index is 0.752. The van der Waals surface area contributed by atoms with Gasteiger partial charge in [-0.3, -0.25) is 4.99 Å². The molecule has 0 fully saturated rings. The largest absolute Gasteiger partial charge is 0.385 e. The first kappa shape index (κ1) is 16.9. The Hall–Kier alpha value is -1.14. The van der Waals surface area contributed by atoms with Crippen LogP contribution < -0.4 is 10.6 Å². The van der Waals surface area contributed by atoms with E-state index >= 15 is 0 Å². The number of hydrogen-bond donors (Lipinski definition) is 2. The van der Waals surface area contributed by atoms with Crippen LogP contribution in [0.2, 0.25) is 0 Å². The topological polar surface area (TPSA) is 58.5 Å². The third-order valence-electron chi connectivity index (χ3n) is 2.76. The van der Waals surface area contributed by atoms with Gasteiger partial charge in [-0.25, -0.2) is 4.98 Å². The van der Waals surface area contributed by atoms with Crippen molar-refractivity contribution in [2.45, 2.75) is 33.6 Å². The van der Waals surface area contributed by atoms with E-state index in [1.54, 1.807) is 18.4 Å². The van der Waals surface area contributed by atoms with Crippen LogP contribution in [0.4, 0.5) is 0 Å². The Morgan fingerprint density at radius 1 is 1.35 bits per heavy atom. The van der Waals surface area contributed by atoms with Crippen LogP contribution in [0.3, 0.4) is 0 Å². The maximum Gasteiger partial charge on any atom is 0.191 e. The first-order chi connectivity index (χ1) is 9.67. The Bertz CT molecular complexity index is 417. The second kappa shape index (κ2) is 9.72. The van der Waals surface area contributed by atoms with E-state index in [2.05, 4.69) is 41.4 Å². The highest BCUT2D eigenvalue weighted by molar-refractivity contribution is 7.11. The lowest BCUT2D eigenvalue weighted by molar-refractivity contribution is 0.197. The lowest BCUT2D eigenvalue weighted by atomic mass is 10.3. The zero-order chi connectivity index (χ0) is 14.8. The van der Waals surface area contributed by atoms with Gasteiger partial charge in [0, 0.05) is 44.6 Å². The molecule has 0 radical (unpaired) electrons. The molecule has 0 atom stereocenters. The normalized spacial score (nSPS) is 11.7. The van der Waals surface area contributed by atoms with Gasteiger partial charge < -0.3 is 15.4 Å². The van der Waals surface area contributed by atoms with Crippen molar-refractivity contribution < 1.29 is 4.74 Å². The summed E-state index contributed by atoms with van der Waals surface area (Å²) in [5.41, 5.74) is 1.15. The maximum absolute atomic E-state index is 5.02. The van der Waals surface area contributed by atoms with E-state index in [-0.39, 0.29) is 0 Å². The van der Waals surface area contributed by atoms with Crippen LogP contribution in [0.15, 0.2) is 4.99 Å². The third-order valence-corrected chi connectivity index (χ3v) is 3.90. The highest BCUT2D eigenvalue weighted by Crippen LogP contribution is 2.16. The van der Waals surface area contributed by atoms with Crippen LogP contribution >= 0.6 is 11.3 Å². The minimum absolute atomic E-state index is 0.752. The maximum atomic E-state index is 5.02. The van der Waals surface area contributed by atoms with Gasteiger partial charge in [0.1, 0.15) is 0 Å². The Balaban J connectivity index is 2.36. The molecule has 0 bridgehead atoms. The van der Waals surface area contributed by atoms with E-state index < -0.39 is 0 Å². The monoisotopic (exact) mass is 298 g/mol. The average molecular weight is 298 g/mol. The van der Waals surface area contributed by atoms with E-state index in [4.69, 9.17) is 4.74 Å². The van der Waals surface area contributed by atoms with Crippen LogP contribution in [0.25, 0.3) is 0 Å². The Morgan fingerprint density at radius 3 is 2.75 bits per heavy atom. The molecule has 0 aliphatic rings. The van der Waals surface area contributed by atoms with Crippen molar-refractivity contribution in [3.8, 4) is 0 Å². The van der Waals surface area contributed by atoms with Crippen LogP contribution in [0, 0.1) is 13.8 Å². The van der Waals surface area contributed by atoms with Crippen molar-refractivity contribution in [2.75, 3.05) is 33.4 Å². The predicted octanol–water partition coefficient (Wildman–Crippen LogP) is 1.89. The number of thiazole rings is 1. The Morgan fingerprint density at radius 2 is 2.15 bits per heavy atom. The molecule has 5 nitrogen and oxygen atoms in total. The molecule has 0 spiro atoms. The SMILES string of the molecule is CCNC(=NCCCOC)NCCc1sc(C)nc1C. The summed E-state index contributed by atoms with van der Waals surface area (Å²) in [7, 11) is 1.71. The number of rotatable bonds is 8. The molecule has 0 saturated heterocycles. The van der Waals surface area contributed by atoms with Crippen molar-refractivity contribution in [1.29, 1.82) is 0 Å². The summed E-state index contributed by atoms with van der Waals surface area (Å²) in [4.78, 5) is 10.3. The van der Waals surface area contributed by atoms with Gasteiger partial charge in [0.15, 0.2) is 5.96 Å². The molecule has 20 heavy (non-hydrogen) atoms. The van der Waals surface area contributed by atoms with Crippen molar-refractivity contribution in [3.63, 3.8) is 0 Å². The Labute approximate surface area is 125 Å². The molecule has 0 unspecified atom stereocenters. The van der Waals surface area contributed by atoms with Gasteiger partial charge in [-0.2, -0.15) is 0 Å². The summed E-state index contributed by atoms with van der Waals surface area (Å²) >= 11 is 1.78. The van der Waals surface area contributed by atoms with Crippen LogP contribution in [-0.4, -0.2) is 44.3 Å². The smallest absolute Gasteiger partial charge is 0.191 e. The second-order valence-electron chi connectivity index (χ2n) is 4.53. The highest BCUT2D eigenvalue weighted by Gasteiger charge is 2.04. The van der Waals surface area contributed by atoms with E-state index in [1.807, 2.05) is 0 Å². The summed E-state index contributed by atoms with van der Waals surface area (Å²) < 4.78 is 5.02. The molecule has 1 heterocycles. The molecule has 2 N–H and O–H groups in total. The lowest BCUT2D eigenvalue weighted by Gasteiger charge is -2.10. The van der Waals surface area contributed by atoms with Crippen molar-refractivity contribution in [3.05, 3.63) is 15.6 Å². The standard InChI is InChI=1S/C14H26N4OS/c1-5-15-14(16-8-6-10-19-4)17-9-7-13-11(2)18-12(3)20-13/h5-10H2,1-4H3,(H2,15,16,17). The van der Waals surface area contributed by atoms with E-state index in [1.165, 1.54) is 4.88 Å². The van der Waals surface area contributed by atoms with Crippen LogP contribution in [0.1, 0.15) is 28.9 Å². The van der Waals surface area contributed by atoms with E-state index in [0.29, 0.717) is 0 Å². The fraction of sp³-hybridized carbons (Fsp3) is 0.714. The average Bonchev–Trinajstić information content (AvgIpc) is 2.73. The van der Waals surface area contributed by atoms with Gasteiger partial charge in [0.25, 0.3) is 0 Å². The van der Waals surface area contributed by atoms with Crippen LogP contribution in [-0.2, 0) is 11.2 Å². The summed E-state index contributed by atoms with van der Waals surface area (Å²) in [6.07, 6.45) is 1.93. The van der Waals surface area contributed by atoms with Crippen molar-refractivity contribution in [1.82, 2.24) is 15.6 Å². The molecular weight excluding hydrogens is 272 g/mol. The van der Waals surface area contributed by atoms with Gasteiger partial charge in [-0.1, -0.05) is 0 Å². The Kier molecular flexibility index (Phi) is 8.22. The molecular formula is C14H26N4OS. The first-order valence-electron chi connectivity index (χ1n) is 7.11. The fourth-order valence-corrected chi connectivity index (χ4v) is 2.78. The molecule has 0 amide bonds. The number of aliphatic imine (C=N–C) groups is 1. The fourth-order valence-electron chi connectivity index (χ4n) is 1.84. The molecule has 0 aliphatic heterocycles. The lowest BCUT2D eigenvalue weighted by Crippen LogP contribution is -2.38. The van der Waals surface area contributed by atoms with E-state index in [0.717, 1.165) is 55.7 Å². The zero-order valence-corrected chi connectivity index (χ0v) is 13.8. The number of nitrogens with one attached hydrogen (secondary N) is 2. The van der Waals surface area contributed by atoms with Gasteiger partial charge >= 0.3 is 0 Å². The number of guanidine groups is 1. The zero-order valence-electron chi connectivity index (χ0n) is 13.0.